The van der Waals surface area contributed by atoms with Crippen molar-refractivity contribution < 1.29 is 18.4 Å². The van der Waals surface area contributed by atoms with Crippen molar-refractivity contribution in [1.29, 1.82) is 0 Å². The number of rotatable bonds is 3. The molecular formula is C15H12F2N2O2. The zero-order chi connectivity index (χ0) is 15.4. The number of anilines is 2. The topological polar surface area (TPSA) is 58.2 Å². The lowest BCUT2D eigenvalue weighted by Crippen LogP contribution is -2.12. The molecule has 0 aliphatic heterocycles. The van der Waals surface area contributed by atoms with Crippen LogP contribution in [0.4, 0.5) is 20.2 Å². The Kier molecular flexibility index (Phi) is 4.27. The standard InChI is InChI=1S/C15H12F2N2O2/c1-9(20)18-11-3-5-12(6-4-11)19-15(21)10-2-7-13(16)14(17)8-10/h2-8H,1H3,(H,18,20)(H,19,21). The highest BCUT2D eigenvalue weighted by atomic mass is 19.2. The first-order valence-corrected chi connectivity index (χ1v) is 6.10. The maximum Gasteiger partial charge on any atom is 0.255 e. The van der Waals surface area contributed by atoms with Crippen LogP contribution in [0.3, 0.4) is 0 Å². The summed E-state index contributed by atoms with van der Waals surface area (Å²) in [5, 5.41) is 5.13. The molecular weight excluding hydrogens is 278 g/mol. The van der Waals surface area contributed by atoms with Crippen LogP contribution in [0, 0.1) is 11.6 Å². The quantitative estimate of drug-likeness (QED) is 0.912. The lowest BCUT2D eigenvalue weighted by molar-refractivity contribution is -0.114. The van der Waals surface area contributed by atoms with Gasteiger partial charge < -0.3 is 10.6 Å². The average molecular weight is 290 g/mol. The Labute approximate surface area is 119 Å². The zero-order valence-corrected chi connectivity index (χ0v) is 11.1. The van der Waals surface area contributed by atoms with Gasteiger partial charge in [0, 0.05) is 23.9 Å². The third-order valence-corrected chi connectivity index (χ3v) is 2.64. The predicted octanol–water partition coefficient (Wildman–Crippen LogP) is 3.18. The van der Waals surface area contributed by atoms with E-state index in [1.165, 1.54) is 13.0 Å². The molecule has 2 aromatic rings. The molecule has 0 heterocycles. The van der Waals surface area contributed by atoms with E-state index >= 15 is 0 Å². The summed E-state index contributed by atoms with van der Waals surface area (Å²) in [4.78, 5) is 22.7. The van der Waals surface area contributed by atoms with Gasteiger partial charge in [-0.1, -0.05) is 0 Å². The number of amides is 2. The van der Waals surface area contributed by atoms with E-state index < -0.39 is 17.5 Å². The first-order chi connectivity index (χ1) is 9.95. The van der Waals surface area contributed by atoms with Crippen molar-refractivity contribution >= 4 is 23.2 Å². The molecule has 0 saturated heterocycles. The summed E-state index contributed by atoms with van der Waals surface area (Å²) in [6.45, 7) is 1.39. The second-order valence-electron chi connectivity index (χ2n) is 4.34. The lowest BCUT2D eigenvalue weighted by atomic mass is 10.2. The van der Waals surface area contributed by atoms with Crippen LogP contribution in [0.25, 0.3) is 0 Å². The van der Waals surface area contributed by atoms with E-state index in [9.17, 15) is 18.4 Å². The Morgan fingerprint density at radius 3 is 1.95 bits per heavy atom. The van der Waals surface area contributed by atoms with Crippen molar-refractivity contribution in [2.24, 2.45) is 0 Å². The van der Waals surface area contributed by atoms with Crippen LogP contribution in [-0.2, 0) is 4.79 Å². The number of nitrogens with one attached hydrogen (secondary N) is 2. The third kappa shape index (κ3) is 3.85. The molecule has 6 heteroatoms. The lowest BCUT2D eigenvalue weighted by Gasteiger charge is -2.07. The Morgan fingerprint density at radius 2 is 1.43 bits per heavy atom. The summed E-state index contributed by atoms with van der Waals surface area (Å²) in [5.41, 5.74) is 1.08. The zero-order valence-electron chi connectivity index (χ0n) is 11.1. The summed E-state index contributed by atoms with van der Waals surface area (Å²) < 4.78 is 25.9. The monoisotopic (exact) mass is 290 g/mol. The largest absolute Gasteiger partial charge is 0.326 e. The molecule has 2 aromatic carbocycles. The van der Waals surface area contributed by atoms with Crippen LogP contribution in [-0.4, -0.2) is 11.8 Å². The SMILES string of the molecule is CC(=O)Nc1ccc(NC(=O)c2ccc(F)c(F)c2)cc1. The maximum absolute atomic E-state index is 13.1. The smallest absolute Gasteiger partial charge is 0.255 e. The van der Waals surface area contributed by atoms with Crippen LogP contribution in [0.2, 0.25) is 0 Å². The van der Waals surface area contributed by atoms with E-state index in [0.29, 0.717) is 11.4 Å². The Hall–Kier alpha value is -2.76. The molecule has 0 saturated carbocycles. The van der Waals surface area contributed by atoms with Crippen molar-refractivity contribution in [1.82, 2.24) is 0 Å². The van der Waals surface area contributed by atoms with E-state index in [2.05, 4.69) is 10.6 Å². The highest BCUT2D eigenvalue weighted by molar-refractivity contribution is 6.04. The number of carbonyl (C=O) groups is 2. The molecule has 0 aliphatic carbocycles. The number of hydrogen-bond donors (Lipinski definition) is 2. The summed E-state index contributed by atoms with van der Waals surface area (Å²) in [5.74, 6) is -2.84. The van der Waals surface area contributed by atoms with Gasteiger partial charge in [0.25, 0.3) is 5.91 Å². The van der Waals surface area contributed by atoms with E-state index in [4.69, 9.17) is 0 Å². The van der Waals surface area contributed by atoms with Crippen LogP contribution in [0.1, 0.15) is 17.3 Å². The molecule has 2 N–H and O–H groups in total. The number of halogens is 2. The molecule has 0 radical (unpaired) electrons. The van der Waals surface area contributed by atoms with Crippen LogP contribution >= 0.6 is 0 Å². The Bertz CT molecular complexity index is 685. The molecule has 108 valence electrons. The maximum atomic E-state index is 13.1. The van der Waals surface area contributed by atoms with E-state index in [1.54, 1.807) is 24.3 Å². The number of hydrogen-bond acceptors (Lipinski definition) is 2. The molecule has 21 heavy (non-hydrogen) atoms. The Balaban J connectivity index is 2.08. The van der Waals surface area contributed by atoms with Gasteiger partial charge in [-0.05, 0) is 42.5 Å². The van der Waals surface area contributed by atoms with Gasteiger partial charge in [-0.15, -0.1) is 0 Å². The Morgan fingerprint density at radius 1 is 0.857 bits per heavy atom. The van der Waals surface area contributed by atoms with E-state index in [0.717, 1.165) is 12.1 Å². The summed E-state index contributed by atoms with van der Waals surface area (Å²) >= 11 is 0. The minimum Gasteiger partial charge on any atom is -0.326 e. The first-order valence-electron chi connectivity index (χ1n) is 6.10. The van der Waals surface area contributed by atoms with Gasteiger partial charge in [0.2, 0.25) is 5.91 Å². The summed E-state index contributed by atoms with van der Waals surface area (Å²) in [7, 11) is 0. The molecule has 2 amide bonds. The van der Waals surface area contributed by atoms with Gasteiger partial charge in [0.05, 0.1) is 0 Å². The number of benzene rings is 2. The van der Waals surface area contributed by atoms with Gasteiger partial charge in [-0.25, -0.2) is 8.78 Å². The first kappa shape index (κ1) is 14.6. The second-order valence-corrected chi connectivity index (χ2v) is 4.34. The van der Waals surface area contributed by atoms with Gasteiger partial charge in [-0.3, -0.25) is 9.59 Å². The van der Waals surface area contributed by atoms with Gasteiger partial charge >= 0.3 is 0 Å². The van der Waals surface area contributed by atoms with E-state index in [1.807, 2.05) is 0 Å². The fourth-order valence-corrected chi connectivity index (χ4v) is 1.68. The summed E-state index contributed by atoms with van der Waals surface area (Å²) in [6, 6.07) is 9.32. The van der Waals surface area contributed by atoms with Gasteiger partial charge in [0.1, 0.15) is 0 Å². The van der Waals surface area contributed by atoms with E-state index in [-0.39, 0.29) is 11.5 Å². The van der Waals surface area contributed by atoms with Gasteiger partial charge in [-0.2, -0.15) is 0 Å². The van der Waals surface area contributed by atoms with Crippen LogP contribution < -0.4 is 10.6 Å². The summed E-state index contributed by atoms with van der Waals surface area (Å²) in [6.07, 6.45) is 0. The van der Waals surface area contributed by atoms with Crippen LogP contribution in [0.5, 0.6) is 0 Å². The molecule has 2 rings (SSSR count). The minimum atomic E-state index is -1.08. The van der Waals surface area contributed by atoms with Crippen molar-refractivity contribution in [3.8, 4) is 0 Å². The molecule has 0 aromatic heterocycles. The van der Waals surface area contributed by atoms with Gasteiger partial charge in [0.15, 0.2) is 11.6 Å². The normalized spacial score (nSPS) is 10.0. The molecule has 0 bridgehead atoms. The highest BCUT2D eigenvalue weighted by Crippen LogP contribution is 2.15. The molecule has 0 atom stereocenters. The molecule has 0 spiro atoms. The fourth-order valence-electron chi connectivity index (χ4n) is 1.68. The molecule has 0 aliphatic rings. The predicted molar refractivity (Wildman–Crippen MR) is 75.1 cm³/mol. The van der Waals surface area contributed by atoms with Crippen molar-refractivity contribution in [2.45, 2.75) is 6.92 Å². The van der Waals surface area contributed by atoms with Crippen LogP contribution in [0.15, 0.2) is 42.5 Å². The number of carbonyl (C=O) groups excluding carboxylic acids is 2. The third-order valence-electron chi connectivity index (χ3n) is 2.64. The van der Waals surface area contributed by atoms with Crippen molar-refractivity contribution in [3.63, 3.8) is 0 Å². The van der Waals surface area contributed by atoms with Crippen molar-refractivity contribution in [3.05, 3.63) is 59.7 Å². The highest BCUT2D eigenvalue weighted by Gasteiger charge is 2.10. The minimum absolute atomic E-state index is 0.0137. The van der Waals surface area contributed by atoms with Crippen molar-refractivity contribution in [2.75, 3.05) is 10.6 Å². The fraction of sp³-hybridized carbons (Fsp3) is 0.0667. The molecule has 0 fully saturated rings. The second kappa shape index (κ2) is 6.13. The molecule has 4 nitrogen and oxygen atoms in total. The average Bonchev–Trinajstić information content (AvgIpc) is 2.43. The molecule has 0 unspecified atom stereocenters.